The topological polar surface area (TPSA) is 53.4 Å². The monoisotopic (exact) mass is 296 g/mol. The predicted molar refractivity (Wildman–Crippen MR) is 83.3 cm³/mol. The molecule has 104 valence electrons. The van der Waals surface area contributed by atoms with Crippen LogP contribution in [0, 0.1) is 6.92 Å². The van der Waals surface area contributed by atoms with Gasteiger partial charge in [-0.3, -0.25) is 9.69 Å². The van der Waals surface area contributed by atoms with Crippen molar-refractivity contribution in [1.82, 2.24) is 4.98 Å². The second-order valence-corrected chi connectivity index (χ2v) is 6.31. The summed E-state index contributed by atoms with van der Waals surface area (Å²) in [6.07, 6.45) is 0.370. The Kier molecular flexibility index (Phi) is 2.53. The summed E-state index contributed by atoms with van der Waals surface area (Å²) < 4.78 is 0.970. The van der Waals surface area contributed by atoms with Crippen LogP contribution < -0.4 is 4.90 Å². The van der Waals surface area contributed by atoms with E-state index in [2.05, 4.69) is 4.98 Å². The van der Waals surface area contributed by atoms with Crippen LogP contribution in [0.5, 0.6) is 5.75 Å². The molecule has 1 aliphatic heterocycles. The van der Waals surface area contributed by atoms with E-state index in [1.54, 1.807) is 22.3 Å². The number of para-hydroxylation sites is 1. The molecule has 2 aromatic carbocycles. The van der Waals surface area contributed by atoms with Crippen molar-refractivity contribution in [2.45, 2.75) is 13.3 Å². The van der Waals surface area contributed by atoms with Crippen LogP contribution in [-0.2, 0) is 11.2 Å². The number of carbonyl (C=O) groups is 1. The van der Waals surface area contributed by atoms with E-state index >= 15 is 0 Å². The van der Waals surface area contributed by atoms with E-state index in [0.29, 0.717) is 12.1 Å². The van der Waals surface area contributed by atoms with E-state index < -0.39 is 0 Å². The summed E-state index contributed by atoms with van der Waals surface area (Å²) in [6, 6.07) is 11.1. The van der Waals surface area contributed by atoms with Crippen molar-refractivity contribution in [3.63, 3.8) is 0 Å². The maximum absolute atomic E-state index is 12.3. The molecule has 4 nitrogen and oxygen atoms in total. The van der Waals surface area contributed by atoms with E-state index in [0.717, 1.165) is 26.5 Å². The highest BCUT2D eigenvalue weighted by atomic mass is 32.1. The third-order valence-electron chi connectivity index (χ3n) is 3.66. The molecular formula is C16H12N2O2S. The molecule has 0 saturated heterocycles. The number of phenolic OH excluding ortho intramolecular Hbond substituents is 1. The maximum atomic E-state index is 12.3. The molecule has 21 heavy (non-hydrogen) atoms. The standard InChI is InChI=1S/C16H12N2O2S/c1-9-17-11-7-14(19)13(8-15(11)21-9)18-12-5-3-2-4-10(12)6-16(18)20/h2-5,7-8,19H,6H2,1H3. The maximum Gasteiger partial charge on any atom is 0.236 e. The molecule has 0 unspecified atom stereocenters. The fraction of sp³-hybridized carbons (Fsp3) is 0.125. The highest BCUT2D eigenvalue weighted by Crippen LogP contribution is 2.42. The van der Waals surface area contributed by atoms with Gasteiger partial charge in [-0.15, -0.1) is 11.3 Å². The van der Waals surface area contributed by atoms with Gasteiger partial charge in [-0.05, 0) is 24.6 Å². The van der Waals surface area contributed by atoms with Gasteiger partial charge in [0.2, 0.25) is 5.91 Å². The van der Waals surface area contributed by atoms with Gasteiger partial charge in [0.25, 0.3) is 0 Å². The number of aromatic nitrogens is 1. The minimum Gasteiger partial charge on any atom is -0.506 e. The van der Waals surface area contributed by atoms with Gasteiger partial charge in [-0.1, -0.05) is 18.2 Å². The number of benzene rings is 2. The number of hydrogen-bond acceptors (Lipinski definition) is 4. The summed E-state index contributed by atoms with van der Waals surface area (Å²) in [5.41, 5.74) is 3.13. The molecular weight excluding hydrogens is 284 g/mol. The average Bonchev–Trinajstić information content (AvgIpc) is 2.95. The molecule has 3 aromatic rings. The zero-order valence-electron chi connectivity index (χ0n) is 11.3. The number of phenols is 1. The highest BCUT2D eigenvalue weighted by molar-refractivity contribution is 7.18. The number of rotatable bonds is 1. The summed E-state index contributed by atoms with van der Waals surface area (Å²) in [4.78, 5) is 18.3. The SMILES string of the molecule is Cc1nc2cc(O)c(N3C(=O)Cc4ccccc43)cc2s1. The molecule has 0 saturated carbocycles. The minimum absolute atomic E-state index is 0.0212. The number of hydrogen-bond donors (Lipinski definition) is 1. The lowest BCUT2D eigenvalue weighted by Gasteiger charge is -2.18. The first-order valence-corrected chi connectivity index (χ1v) is 7.46. The zero-order chi connectivity index (χ0) is 14.6. The Hall–Kier alpha value is -2.40. The van der Waals surface area contributed by atoms with Gasteiger partial charge in [-0.2, -0.15) is 0 Å². The van der Waals surface area contributed by atoms with Gasteiger partial charge in [0.15, 0.2) is 0 Å². The number of fused-ring (bicyclic) bond motifs is 2. The molecule has 0 bridgehead atoms. The molecule has 0 radical (unpaired) electrons. The van der Waals surface area contributed by atoms with Crippen molar-refractivity contribution in [3.05, 3.63) is 47.0 Å². The number of aryl methyl sites for hydroxylation is 1. The van der Waals surface area contributed by atoms with Crippen LogP contribution in [0.3, 0.4) is 0 Å². The number of anilines is 2. The summed E-state index contributed by atoms with van der Waals surface area (Å²) in [5, 5.41) is 11.2. The van der Waals surface area contributed by atoms with Gasteiger partial charge in [0.05, 0.1) is 33.0 Å². The van der Waals surface area contributed by atoms with Crippen LogP contribution >= 0.6 is 11.3 Å². The van der Waals surface area contributed by atoms with Gasteiger partial charge in [0.1, 0.15) is 5.75 Å². The third kappa shape index (κ3) is 1.81. The molecule has 1 amide bonds. The van der Waals surface area contributed by atoms with Gasteiger partial charge < -0.3 is 5.11 Å². The van der Waals surface area contributed by atoms with Crippen LogP contribution in [-0.4, -0.2) is 16.0 Å². The Labute approximate surface area is 125 Å². The second kappa shape index (κ2) is 4.30. The third-order valence-corrected chi connectivity index (χ3v) is 4.59. The van der Waals surface area contributed by atoms with Crippen molar-refractivity contribution in [3.8, 4) is 5.75 Å². The quantitative estimate of drug-likeness (QED) is 0.747. The molecule has 1 N–H and O–H groups in total. The Bertz CT molecular complexity index is 885. The van der Waals surface area contributed by atoms with Crippen LogP contribution in [0.2, 0.25) is 0 Å². The summed E-state index contributed by atoms with van der Waals surface area (Å²) in [5.74, 6) is 0.0601. The normalized spacial score (nSPS) is 14.0. The molecule has 0 atom stereocenters. The van der Waals surface area contributed by atoms with Crippen molar-refractivity contribution in [2.75, 3.05) is 4.90 Å². The van der Waals surface area contributed by atoms with Gasteiger partial charge in [-0.25, -0.2) is 4.98 Å². The van der Waals surface area contributed by atoms with E-state index in [1.807, 2.05) is 37.3 Å². The number of aromatic hydroxyl groups is 1. The smallest absolute Gasteiger partial charge is 0.236 e. The summed E-state index contributed by atoms with van der Waals surface area (Å²) in [6.45, 7) is 1.93. The first-order valence-electron chi connectivity index (χ1n) is 6.64. The molecule has 0 spiro atoms. The molecule has 1 aromatic heterocycles. The molecule has 0 fully saturated rings. The van der Waals surface area contributed by atoms with Crippen LogP contribution in [0.4, 0.5) is 11.4 Å². The summed E-state index contributed by atoms with van der Waals surface area (Å²) >= 11 is 1.56. The second-order valence-electron chi connectivity index (χ2n) is 5.08. The van der Waals surface area contributed by atoms with Crippen LogP contribution in [0.15, 0.2) is 36.4 Å². The lowest BCUT2D eigenvalue weighted by molar-refractivity contribution is -0.116. The minimum atomic E-state index is -0.0212. The molecule has 4 rings (SSSR count). The highest BCUT2D eigenvalue weighted by Gasteiger charge is 2.30. The molecule has 0 aliphatic carbocycles. The first kappa shape index (κ1) is 12.3. The van der Waals surface area contributed by atoms with Crippen LogP contribution in [0.1, 0.15) is 10.6 Å². The lowest BCUT2D eigenvalue weighted by Crippen LogP contribution is -2.20. The Morgan fingerprint density at radius 2 is 2.05 bits per heavy atom. The Balaban J connectivity index is 1.94. The van der Waals surface area contributed by atoms with E-state index in [9.17, 15) is 9.90 Å². The average molecular weight is 296 g/mol. The molecule has 2 heterocycles. The number of carbonyl (C=O) groups excluding carboxylic acids is 1. The van der Waals surface area contributed by atoms with Crippen molar-refractivity contribution >= 4 is 38.8 Å². The number of nitrogens with zero attached hydrogens (tertiary/aromatic N) is 2. The Morgan fingerprint density at radius 3 is 2.90 bits per heavy atom. The fourth-order valence-electron chi connectivity index (χ4n) is 2.77. The Morgan fingerprint density at radius 1 is 1.24 bits per heavy atom. The zero-order valence-corrected chi connectivity index (χ0v) is 12.1. The predicted octanol–water partition coefficient (Wildman–Crippen LogP) is 3.53. The van der Waals surface area contributed by atoms with Crippen molar-refractivity contribution in [2.24, 2.45) is 0 Å². The summed E-state index contributed by atoms with van der Waals surface area (Å²) in [7, 11) is 0. The van der Waals surface area contributed by atoms with Crippen molar-refractivity contribution in [1.29, 1.82) is 0 Å². The fourth-order valence-corrected chi connectivity index (χ4v) is 3.61. The van der Waals surface area contributed by atoms with E-state index in [1.165, 1.54) is 0 Å². The van der Waals surface area contributed by atoms with Crippen molar-refractivity contribution < 1.29 is 9.90 Å². The van der Waals surface area contributed by atoms with Crippen LogP contribution in [0.25, 0.3) is 10.2 Å². The number of thiazole rings is 1. The first-order chi connectivity index (χ1) is 10.1. The number of amides is 1. The largest absolute Gasteiger partial charge is 0.506 e. The lowest BCUT2D eigenvalue weighted by atomic mass is 10.2. The van der Waals surface area contributed by atoms with E-state index in [-0.39, 0.29) is 11.7 Å². The van der Waals surface area contributed by atoms with E-state index in [4.69, 9.17) is 0 Å². The molecule has 1 aliphatic rings. The van der Waals surface area contributed by atoms with Gasteiger partial charge in [0, 0.05) is 6.07 Å². The van der Waals surface area contributed by atoms with Gasteiger partial charge >= 0.3 is 0 Å². The molecule has 5 heteroatoms.